The molecule has 3 rings (SSSR count). The number of hydrogen-bond donors (Lipinski definition) is 1. The number of aromatic amines is 1. The molecule has 1 aliphatic heterocycles. The molecule has 1 aromatic heterocycles. The molecule has 0 aliphatic carbocycles. The molecule has 1 aliphatic rings. The highest BCUT2D eigenvalue weighted by Gasteiger charge is 2.30. The lowest BCUT2D eigenvalue weighted by Crippen LogP contribution is -2.39. The van der Waals surface area contributed by atoms with E-state index in [-0.39, 0.29) is 17.9 Å². The van der Waals surface area contributed by atoms with Gasteiger partial charge in [-0.3, -0.25) is 9.69 Å². The fourth-order valence-electron chi connectivity index (χ4n) is 3.46. The van der Waals surface area contributed by atoms with Gasteiger partial charge in [0.2, 0.25) is 0 Å². The van der Waals surface area contributed by atoms with Gasteiger partial charge in [-0.05, 0) is 51.4 Å². The number of nitrogens with zero attached hydrogens (tertiary/aromatic N) is 2. The molecule has 0 bridgehead atoms. The zero-order valence-corrected chi connectivity index (χ0v) is 13.9. The third-order valence-electron chi connectivity index (χ3n) is 4.70. The Kier molecular flexibility index (Phi) is 4.96. The molecule has 0 radical (unpaired) electrons. The molecule has 5 nitrogen and oxygen atoms in total. The van der Waals surface area contributed by atoms with Crippen LogP contribution in [-0.4, -0.2) is 40.5 Å². The number of benzene rings is 1. The molecule has 1 N–H and O–H groups in total. The number of carbonyl (C=O) groups is 1. The number of para-hydroxylation sites is 2. The number of carbonyl (C=O) groups excluding carboxylic acids is 1. The number of imidazole rings is 1. The van der Waals surface area contributed by atoms with E-state index in [0.717, 1.165) is 49.2 Å². The maximum absolute atomic E-state index is 11.9. The van der Waals surface area contributed by atoms with Gasteiger partial charge in [-0.1, -0.05) is 19.1 Å². The largest absolute Gasteiger partial charge is 0.466 e. The predicted octanol–water partition coefficient (Wildman–Crippen LogP) is 3.29. The molecule has 0 saturated carbocycles. The van der Waals surface area contributed by atoms with Crippen molar-refractivity contribution in [1.29, 1.82) is 0 Å². The smallest absolute Gasteiger partial charge is 0.309 e. The van der Waals surface area contributed by atoms with Crippen molar-refractivity contribution in [3.8, 4) is 0 Å². The van der Waals surface area contributed by atoms with Gasteiger partial charge < -0.3 is 9.72 Å². The molecule has 1 fully saturated rings. The number of esters is 1. The van der Waals surface area contributed by atoms with Crippen molar-refractivity contribution in [3.63, 3.8) is 0 Å². The van der Waals surface area contributed by atoms with Crippen molar-refractivity contribution in [1.82, 2.24) is 14.9 Å². The normalized spacial score (nSPS) is 18.2. The van der Waals surface area contributed by atoms with Gasteiger partial charge in [-0.15, -0.1) is 0 Å². The maximum atomic E-state index is 11.9. The average Bonchev–Trinajstić information content (AvgIpc) is 3.00. The lowest BCUT2D eigenvalue weighted by molar-refractivity contribution is -0.149. The van der Waals surface area contributed by atoms with Gasteiger partial charge in [-0.2, -0.15) is 0 Å². The van der Waals surface area contributed by atoms with Crippen LogP contribution >= 0.6 is 0 Å². The molecule has 1 saturated heterocycles. The minimum Gasteiger partial charge on any atom is -0.466 e. The molecule has 124 valence electrons. The van der Waals surface area contributed by atoms with Crippen molar-refractivity contribution in [2.24, 2.45) is 5.92 Å². The van der Waals surface area contributed by atoms with Crippen LogP contribution in [-0.2, 0) is 9.53 Å². The van der Waals surface area contributed by atoms with Gasteiger partial charge in [-0.25, -0.2) is 4.98 Å². The summed E-state index contributed by atoms with van der Waals surface area (Å²) in [4.78, 5) is 22.5. The first-order valence-electron chi connectivity index (χ1n) is 8.58. The first-order valence-corrected chi connectivity index (χ1v) is 8.58. The number of fused-ring (bicyclic) bond motifs is 1. The Morgan fingerprint density at radius 2 is 2.09 bits per heavy atom. The fraction of sp³-hybridized carbons (Fsp3) is 0.556. The molecule has 1 unspecified atom stereocenters. The number of H-pyrrole nitrogens is 1. The van der Waals surface area contributed by atoms with Gasteiger partial charge in [0.15, 0.2) is 0 Å². The first kappa shape index (κ1) is 16.0. The maximum Gasteiger partial charge on any atom is 0.309 e. The molecule has 2 aromatic rings. The van der Waals surface area contributed by atoms with Crippen LogP contribution in [0.15, 0.2) is 24.3 Å². The van der Waals surface area contributed by atoms with Crippen LogP contribution in [0.3, 0.4) is 0 Å². The second-order valence-corrected chi connectivity index (χ2v) is 6.13. The number of piperidine rings is 1. The van der Waals surface area contributed by atoms with Crippen LogP contribution in [0.1, 0.15) is 45.0 Å². The summed E-state index contributed by atoms with van der Waals surface area (Å²) in [5.41, 5.74) is 2.10. The molecule has 5 heteroatoms. The minimum atomic E-state index is -0.0380. The van der Waals surface area contributed by atoms with Gasteiger partial charge in [0.25, 0.3) is 0 Å². The Hall–Kier alpha value is -1.88. The van der Waals surface area contributed by atoms with Crippen LogP contribution in [0.2, 0.25) is 0 Å². The van der Waals surface area contributed by atoms with E-state index in [0.29, 0.717) is 6.61 Å². The van der Waals surface area contributed by atoms with Crippen molar-refractivity contribution < 1.29 is 9.53 Å². The summed E-state index contributed by atoms with van der Waals surface area (Å²) in [5.74, 6) is 1.05. The quantitative estimate of drug-likeness (QED) is 0.860. The number of aromatic nitrogens is 2. The SMILES string of the molecule is CCOC(=O)C1CCN(C(CC)c2nc3ccccc3[nH]2)CC1. The Balaban J connectivity index is 1.69. The third kappa shape index (κ3) is 3.39. The van der Waals surface area contributed by atoms with Crippen LogP contribution in [0.5, 0.6) is 0 Å². The van der Waals surface area contributed by atoms with E-state index in [2.05, 4.69) is 22.9 Å². The Bertz CT molecular complexity index is 626. The Morgan fingerprint density at radius 1 is 1.35 bits per heavy atom. The van der Waals surface area contributed by atoms with Crippen molar-refractivity contribution >= 4 is 17.0 Å². The monoisotopic (exact) mass is 315 g/mol. The molecular formula is C18H25N3O2. The topological polar surface area (TPSA) is 58.2 Å². The van der Waals surface area contributed by atoms with Crippen LogP contribution in [0.4, 0.5) is 0 Å². The van der Waals surface area contributed by atoms with Crippen molar-refractivity contribution in [2.75, 3.05) is 19.7 Å². The number of rotatable bonds is 5. The molecule has 0 amide bonds. The summed E-state index contributed by atoms with van der Waals surface area (Å²) in [6.07, 6.45) is 2.75. The second-order valence-electron chi connectivity index (χ2n) is 6.13. The highest BCUT2D eigenvalue weighted by molar-refractivity contribution is 5.75. The van der Waals surface area contributed by atoms with E-state index in [9.17, 15) is 4.79 Å². The lowest BCUT2D eigenvalue weighted by Gasteiger charge is -2.35. The number of ether oxygens (including phenoxy) is 1. The Labute approximate surface area is 137 Å². The summed E-state index contributed by atoms with van der Waals surface area (Å²) in [7, 11) is 0. The molecule has 23 heavy (non-hydrogen) atoms. The zero-order chi connectivity index (χ0) is 16.2. The Morgan fingerprint density at radius 3 is 2.74 bits per heavy atom. The van der Waals surface area contributed by atoms with Gasteiger partial charge in [0.05, 0.1) is 29.6 Å². The van der Waals surface area contributed by atoms with Crippen LogP contribution in [0.25, 0.3) is 11.0 Å². The zero-order valence-electron chi connectivity index (χ0n) is 13.9. The molecule has 0 spiro atoms. The standard InChI is InChI=1S/C18H25N3O2/c1-3-16(17-19-14-7-5-6-8-15(14)20-17)21-11-9-13(10-12-21)18(22)23-4-2/h5-8,13,16H,3-4,9-12H2,1-2H3,(H,19,20). The highest BCUT2D eigenvalue weighted by Crippen LogP contribution is 2.29. The highest BCUT2D eigenvalue weighted by atomic mass is 16.5. The number of nitrogens with one attached hydrogen (secondary N) is 1. The second kappa shape index (κ2) is 7.13. The van der Waals surface area contributed by atoms with E-state index >= 15 is 0 Å². The average molecular weight is 315 g/mol. The molecule has 2 heterocycles. The molecular weight excluding hydrogens is 290 g/mol. The summed E-state index contributed by atoms with van der Waals surface area (Å²) < 4.78 is 5.15. The lowest BCUT2D eigenvalue weighted by atomic mass is 9.95. The van der Waals surface area contributed by atoms with Crippen molar-refractivity contribution in [3.05, 3.63) is 30.1 Å². The van der Waals surface area contributed by atoms with E-state index in [1.807, 2.05) is 25.1 Å². The van der Waals surface area contributed by atoms with E-state index in [1.54, 1.807) is 0 Å². The van der Waals surface area contributed by atoms with Crippen LogP contribution in [0, 0.1) is 5.92 Å². The van der Waals surface area contributed by atoms with E-state index in [4.69, 9.17) is 9.72 Å². The van der Waals surface area contributed by atoms with Gasteiger partial charge in [0.1, 0.15) is 5.82 Å². The summed E-state index contributed by atoms with van der Waals surface area (Å²) in [5, 5.41) is 0. The number of hydrogen-bond acceptors (Lipinski definition) is 4. The molecule has 1 aromatic carbocycles. The minimum absolute atomic E-state index is 0.0380. The van der Waals surface area contributed by atoms with Gasteiger partial charge >= 0.3 is 5.97 Å². The van der Waals surface area contributed by atoms with Crippen LogP contribution < -0.4 is 0 Å². The van der Waals surface area contributed by atoms with Crippen molar-refractivity contribution in [2.45, 2.75) is 39.2 Å². The van der Waals surface area contributed by atoms with E-state index < -0.39 is 0 Å². The summed E-state index contributed by atoms with van der Waals surface area (Å²) >= 11 is 0. The van der Waals surface area contributed by atoms with Gasteiger partial charge in [0, 0.05) is 0 Å². The molecule has 1 atom stereocenters. The first-order chi connectivity index (χ1) is 11.2. The third-order valence-corrected chi connectivity index (χ3v) is 4.70. The van der Waals surface area contributed by atoms with E-state index in [1.165, 1.54) is 0 Å². The summed E-state index contributed by atoms with van der Waals surface area (Å²) in [6, 6.07) is 8.42. The summed E-state index contributed by atoms with van der Waals surface area (Å²) in [6.45, 7) is 6.35. The number of likely N-dealkylation sites (tertiary alicyclic amines) is 1. The predicted molar refractivity (Wildman–Crippen MR) is 90.1 cm³/mol. The fourth-order valence-corrected chi connectivity index (χ4v) is 3.46.